The molecule has 0 aromatic carbocycles. The normalized spacial score (nSPS) is 29.1. The Hall–Kier alpha value is -1.30. The molecule has 0 radical (unpaired) electrons. The van der Waals surface area contributed by atoms with Crippen LogP contribution in [0.3, 0.4) is 0 Å². The van der Waals surface area contributed by atoms with E-state index < -0.39 is 12.2 Å². The van der Waals surface area contributed by atoms with E-state index in [-0.39, 0.29) is 56.3 Å². The van der Waals surface area contributed by atoms with E-state index in [9.17, 15) is 9.59 Å². The van der Waals surface area contributed by atoms with Crippen molar-refractivity contribution in [3.63, 3.8) is 0 Å². The van der Waals surface area contributed by atoms with Gasteiger partial charge >= 0.3 is 11.9 Å². The van der Waals surface area contributed by atoms with E-state index in [1.807, 2.05) is 10.1 Å². The van der Waals surface area contributed by atoms with E-state index in [1.54, 1.807) is 0 Å². The molecule has 4 aliphatic heterocycles. The molecule has 10 nitrogen and oxygen atoms in total. The fraction of sp³-hybridized carbons (Fsp3) is 0.953. The van der Waals surface area contributed by atoms with Gasteiger partial charge in [-0.1, -0.05) is 0 Å². The average molecular weight is 749 g/mol. The first-order valence-electron chi connectivity index (χ1n) is 21.0. The molecular formula is C43H80N4O6. The minimum Gasteiger partial charge on any atom is -0.364 e. The SMILES string of the molecule is CC1(C)CCCC(C)(C)N1OC(=O)C(CCCC(ON1C(C)(C)CCCC1(C)C)C(=O)ON1C(C)(C)CCCC1(C)C)ON1C(C)(C)CCCC1(C)C. The van der Waals surface area contributed by atoms with Crippen LogP contribution in [-0.4, -0.2) is 88.7 Å². The lowest BCUT2D eigenvalue weighted by atomic mass is 9.82. The highest BCUT2D eigenvalue weighted by Gasteiger charge is 2.50. The third-order valence-corrected chi connectivity index (χ3v) is 13.0. The Morgan fingerprint density at radius 1 is 0.396 bits per heavy atom. The van der Waals surface area contributed by atoms with Crippen LogP contribution in [0, 0.1) is 0 Å². The molecule has 0 aromatic rings. The number of carbonyl (C=O) groups is 2. The minimum atomic E-state index is -0.861. The van der Waals surface area contributed by atoms with Crippen molar-refractivity contribution in [2.75, 3.05) is 0 Å². The van der Waals surface area contributed by atoms with Gasteiger partial charge in [-0.3, -0.25) is 9.68 Å². The molecule has 0 aromatic heterocycles. The van der Waals surface area contributed by atoms with Gasteiger partial charge in [-0.25, -0.2) is 9.59 Å². The van der Waals surface area contributed by atoms with Crippen molar-refractivity contribution in [2.45, 2.75) is 264 Å². The predicted octanol–water partition coefficient (Wildman–Crippen LogP) is 9.85. The molecule has 4 rings (SSSR count). The van der Waals surface area contributed by atoms with E-state index in [2.05, 4.69) is 121 Å². The van der Waals surface area contributed by atoms with Crippen molar-refractivity contribution in [1.82, 2.24) is 20.3 Å². The van der Waals surface area contributed by atoms with Gasteiger partial charge in [-0.15, -0.1) is 10.1 Å². The van der Waals surface area contributed by atoms with Crippen molar-refractivity contribution < 1.29 is 28.9 Å². The number of piperidine rings is 4. The van der Waals surface area contributed by atoms with Gasteiger partial charge in [0.25, 0.3) is 0 Å². The summed E-state index contributed by atoms with van der Waals surface area (Å²) in [7, 11) is 0. The smallest absolute Gasteiger partial charge is 0.356 e. The van der Waals surface area contributed by atoms with Crippen LogP contribution in [0.2, 0.25) is 0 Å². The Balaban J connectivity index is 1.63. The lowest BCUT2D eigenvalue weighted by molar-refractivity contribution is -0.322. The van der Waals surface area contributed by atoms with Crippen LogP contribution in [0.5, 0.6) is 0 Å². The van der Waals surface area contributed by atoms with E-state index in [0.29, 0.717) is 19.3 Å². The van der Waals surface area contributed by atoms with Gasteiger partial charge in [-0.05, 0) is 207 Å². The summed E-state index contributed by atoms with van der Waals surface area (Å²) in [5, 5.41) is 7.95. The Bertz CT molecular complexity index is 1130. The Kier molecular flexibility index (Phi) is 13.0. The number of hydrogen-bond donors (Lipinski definition) is 0. The molecule has 0 spiro atoms. The van der Waals surface area contributed by atoms with Crippen molar-refractivity contribution in [3.8, 4) is 0 Å². The molecule has 4 fully saturated rings. The lowest BCUT2D eigenvalue weighted by Crippen LogP contribution is -2.62. The van der Waals surface area contributed by atoms with Gasteiger partial charge in [0.1, 0.15) is 0 Å². The molecule has 0 amide bonds. The summed E-state index contributed by atoms with van der Waals surface area (Å²) in [6.07, 6.45) is 11.5. The monoisotopic (exact) mass is 749 g/mol. The minimum absolute atomic E-state index is 0.265. The van der Waals surface area contributed by atoms with E-state index >= 15 is 0 Å². The van der Waals surface area contributed by atoms with Crippen LogP contribution in [0.4, 0.5) is 0 Å². The molecule has 2 unspecified atom stereocenters. The fourth-order valence-electron chi connectivity index (χ4n) is 10.4. The molecule has 308 valence electrons. The molecule has 2 atom stereocenters. The highest BCUT2D eigenvalue weighted by molar-refractivity contribution is 5.75. The standard InChI is InChI=1S/C43H80N4O6/c1-36(2)24-18-25-37(3,4)44(36)50-32(34(48)52-46-40(9,10)28-20-29-41(46,11)12)22-17-23-33(51-45-38(5,6)26-19-27-39(45,7)8)35(49)53-47-42(13,14)30-21-31-43(47,15)16/h32-33H,17-31H2,1-16H3. The van der Waals surface area contributed by atoms with Gasteiger partial charge < -0.3 is 9.68 Å². The summed E-state index contributed by atoms with van der Waals surface area (Å²) in [4.78, 5) is 55.4. The lowest BCUT2D eigenvalue weighted by Gasteiger charge is -2.53. The first-order valence-corrected chi connectivity index (χ1v) is 21.0. The maximum atomic E-state index is 14.4. The maximum absolute atomic E-state index is 14.4. The quantitative estimate of drug-likeness (QED) is 0.192. The van der Waals surface area contributed by atoms with Crippen molar-refractivity contribution in [3.05, 3.63) is 0 Å². The van der Waals surface area contributed by atoms with Crippen LogP contribution in [0.25, 0.3) is 0 Å². The molecule has 0 saturated carbocycles. The van der Waals surface area contributed by atoms with E-state index in [0.717, 1.165) is 77.0 Å². The summed E-state index contributed by atoms with van der Waals surface area (Å²) in [6, 6.07) is 0. The number of carbonyl (C=O) groups excluding carboxylic acids is 2. The second kappa shape index (κ2) is 15.6. The van der Waals surface area contributed by atoms with Gasteiger partial charge in [0.15, 0.2) is 12.2 Å². The highest BCUT2D eigenvalue weighted by Crippen LogP contribution is 2.43. The highest BCUT2D eigenvalue weighted by atomic mass is 16.8. The molecule has 0 N–H and O–H groups in total. The number of hydroxylamine groups is 8. The number of rotatable bonds is 12. The number of nitrogens with zero attached hydrogens (tertiary/aromatic N) is 4. The van der Waals surface area contributed by atoms with Gasteiger partial charge in [0, 0.05) is 22.2 Å². The largest absolute Gasteiger partial charge is 0.364 e. The first kappa shape index (κ1) is 44.4. The van der Waals surface area contributed by atoms with Gasteiger partial charge in [-0.2, -0.15) is 10.1 Å². The summed E-state index contributed by atoms with van der Waals surface area (Å²) >= 11 is 0. The zero-order valence-electron chi connectivity index (χ0n) is 37.0. The predicted molar refractivity (Wildman–Crippen MR) is 211 cm³/mol. The molecule has 0 aliphatic carbocycles. The van der Waals surface area contributed by atoms with E-state index in [4.69, 9.17) is 19.4 Å². The van der Waals surface area contributed by atoms with Crippen LogP contribution in [0.1, 0.15) is 207 Å². The van der Waals surface area contributed by atoms with Crippen molar-refractivity contribution in [2.24, 2.45) is 0 Å². The summed E-state index contributed by atoms with van der Waals surface area (Å²) < 4.78 is 0. The topological polar surface area (TPSA) is 84.0 Å². The summed E-state index contributed by atoms with van der Waals surface area (Å²) in [5.41, 5.74) is -2.29. The molecular weight excluding hydrogens is 668 g/mol. The maximum Gasteiger partial charge on any atom is 0.356 e. The van der Waals surface area contributed by atoms with Crippen LogP contribution in [0.15, 0.2) is 0 Å². The Morgan fingerprint density at radius 2 is 0.604 bits per heavy atom. The zero-order valence-corrected chi connectivity index (χ0v) is 37.0. The van der Waals surface area contributed by atoms with Crippen molar-refractivity contribution in [1.29, 1.82) is 0 Å². The molecule has 4 saturated heterocycles. The second-order valence-electron chi connectivity index (χ2n) is 22.0. The summed E-state index contributed by atoms with van der Waals surface area (Å²) in [6.45, 7) is 34.7. The molecule has 4 heterocycles. The Labute approximate surface area is 324 Å². The first-order chi connectivity index (χ1) is 24.0. The van der Waals surface area contributed by atoms with Crippen LogP contribution >= 0.6 is 0 Å². The third-order valence-electron chi connectivity index (χ3n) is 13.0. The van der Waals surface area contributed by atoms with Gasteiger partial charge in [0.2, 0.25) is 0 Å². The van der Waals surface area contributed by atoms with Gasteiger partial charge in [0.05, 0.1) is 22.2 Å². The molecule has 10 heteroatoms. The fourth-order valence-corrected chi connectivity index (χ4v) is 10.4. The van der Waals surface area contributed by atoms with Crippen LogP contribution in [-0.2, 0) is 28.9 Å². The third kappa shape index (κ3) is 10.2. The molecule has 0 bridgehead atoms. The molecule has 53 heavy (non-hydrogen) atoms. The number of hydrogen-bond acceptors (Lipinski definition) is 10. The van der Waals surface area contributed by atoms with Crippen LogP contribution < -0.4 is 0 Å². The average Bonchev–Trinajstić information content (AvgIpc) is 2.97. The summed E-state index contributed by atoms with van der Waals surface area (Å²) in [5.74, 6) is -0.777. The molecule has 4 aliphatic rings. The zero-order chi connectivity index (χ0) is 40.1. The Morgan fingerprint density at radius 3 is 0.830 bits per heavy atom. The van der Waals surface area contributed by atoms with E-state index in [1.165, 1.54) is 0 Å². The second-order valence-corrected chi connectivity index (χ2v) is 22.0. The van der Waals surface area contributed by atoms with Crippen molar-refractivity contribution >= 4 is 11.9 Å².